The molecule has 4 heteroatoms. The van der Waals surface area contributed by atoms with Crippen molar-refractivity contribution >= 4 is 0 Å². The Morgan fingerprint density at radius 1 is 1.16 bits per heavy atom. The first-order valence-electron chi connectivity index (χ1n) is 14.9. The third-order valence-electron chi connectivity index (χ3n) is 9.63. The summed E-state index contributed by atoms with van der Waals surface area (Å²) in [7, 11) is 1.53. The van der Waals surface area contributed by atoms with Crippen LogP contribution in [-0.4, -0.2) is 35.8 Å². The lowest BCUT2D eigenvalue weighted by Gasteiger charge is -2.40. The van der Waals surface area contributed by atoms with Gasteiger partial charge in [-0.15, -0.1) is 0 Å². The van der Waals surface area contributed by atoms with Crippen LogP contribution in [0.4, 0.5) is 0 Å². The number of dihydropyridines is 1. The van der Waals surface area contributed by atoms with Crippen molar-refractivity contribution in [3.8, 4) is 0 Å². The average Bonchev–Trinajstić information content (AvgIpc) is 2.94. The molecule has 1 heterocycles. The zero-order valence-electron chi connectivity index (χ0n) is 24.1. The molecule has 1 aromatic carbocycles. The number of nitrogens with one attached hydrogen (secondary N) is 1. The van der Waals surface area contributed by atoms with Gasteiger partial charge in [0.1, 0.15) is 0 Å². The van der Waals surface area contributed by atoms with E-state index in [0.29, 0.717) is 12.3 Å². The Morgan fingerprint density at radius 3 is 2.55 bits per heavy atom. The Bertz CT molecular complexity index is 1070. The summed E-state index contributed by atoms with van der Waals surface area (Å²) in [4.78, 5) is 0. The van der Waals surface area contributed by atoms with Crippen LogP contribution in [0.2, 0.25) is 0 Å². The monoisotopic (exact) mass is 519 g/mol. The van der Waals surface area contributed by atoms with Gasteiger partial charge in [-0.1, -0.05) is 75.6 Å². The summed E-state index contributed by atoms with van der Waals surface area (Å²) in [6, 6.07) is 7.15. The smallest absolute Gasteiger partial charge is 0.158 e. The average molecular weight is 520 g/mol. The quantitative estimate of drug-likeness (QED) is 0.277. The third kappa shape index (κ3) is 6.52. The van der Waals surface area contributed by atoms with Crippen LogP contribution in [0.15, 0.2) is 65.4 Å². The maximum absolute atomic E-state index is 11.0. The van der Waals surface area contributed by atoms with Gasteiger partial charge in [-0.05, 0) is 91.2 Å². The number of methoxy groups -OCH3 is 1. The number of aliphatic hydroxyl groups excluding tert-OH is 1. The van der Waals surface area contributed by atoms with Gasteiger partial charge in [0.25, 0.3) is 0 Å². The van der Waals surface area contributed by atoms with Gasteiger partial charge in [-0.25, -0.2) is 0 Å². The van der Waals surface area contributed by atoms with Gasteiger partial charge in [0.05, 0.1) is 5.60 Å². The molecule has 1 aliphatic heterocycles. The molecule has 0 bridgehead atoms. The highest BCUT2D eigenvalue weighted by atomic mass is 16.6. The van der Waals surface area contributed by atoms with Crippen LogP contribution in [0.25, 0.3) is 0 Å². The lowest BCUT2D eigenvalue weighted by atomic mass is 9.64. The predicted octanol–water partition coefficient (Wildman–Crippen LogP) is 6.95. The molecule has 38 heavy (non-hydrogen) atoms. The highest BCUT2D eigenvalue weighted by Gasteiger charge is 2.37. The molecule has 4 rings (SSSR count). The van der Waals surface area contributed by atoms with E-state index < -0.39 is 11.9 Å². The molecule has 0 aromatic heterocycles. The maximum atomic E-state index is 11.0. The number of allylic oxidation sites excluding steroid dienone is 4. The zero-order chi connectivity index (χ0) is 27.2. The fourth-order valence-corrected chi connectivity index (χ4v) is 6.98. The molecule has 4 nitrogen and oxygen atoms in total. The third-order valence-corrected chi connectivity index (χ3v) is 9.63. The number of hydrogen-bond acceptors (Lipinski definition) is 4. The summed E-state index contributed by atoms with van der Waals surface area (Å²) in [6.45, 7) is 7.73. The molecule has 2 unspecified atom stereocenters. The first-order chi connectivity index (χ1) is 18.3. The summed E-state index contributed by atoms with van der Waals surface area (Å²) in [5.41, 5.74) is 7.44. The van der Waals surface area contributed by atoms with Gasteiger partial charge >= 0.3 is 0 Å². The Morgan fingerprint density at radius 2 is 1.92 bits per heavy atom. The minimum Gasteiger partial charge on any atom is -0.390 e. The van der Waals surface area contributed by atoms with Crippen LogP contribution in [0.5, 0.6) is 0 Å². The first kappa shape index (κ1) is 28.9. The lowest BCUT2D eigenvalue weighted by molar-refractivity contribution is -0.0715. The van der Waals surface area contributed by atoms with E-state index in [1.807, 2.05) is 6.20 Å². The Balaban J connectivity index is 1.47. The molecule has 0 amide bonds. The normalized spacial score (nSPS) is 22.3. The number of benzene rings is 1. The summed E-state index contributed by atoms with van der Waals surface area (Å²) in [5, 5.41) is 24.2. The molecule has 208 valence electrons. The number of hydrogen-bond donors (Lipinski definition) is 3. The van der Waals surface area contributed by atoms with Crippen LogP contribution >= 0.6 is 0 Å². The molecule has 3 aliphatic rings. The minimum atomic E-state index is -0.777. The SMILES string of the molecule is CCC(CC)(c1ccc(CCC2(O)CCCCC2)c(C)c1)C1C=CC(C2=CC(CC(O)OC)=CNC2)=CC1. The van der Waals surface area contributed by atoms with Crippen molar-refractivity contribution in [1.82, 2.24) is 5.32 Å². The van der Waals surface area contributed by atoms with Gasteiger partial charge < -0.3 is 20.3 Å². The highest BCUT2D eigenvalue weighted by Crippen LogP contribution is 2.44. The molecular weight excluding hydrogens is 470 g/mol. The predicted molar refractivity (Wildman–Crippen MR) is 157 cm³/mol. The fraction of sp³-hybridized carbons (Fsp3) is 0.588. The van der Waals surface area contributed by atoms with Crippen LogP contribution in [0, 0.1) is 12.8 Å². The topological polar surface area (TPSA) is 61.7 Å². The van der Waals surface area contributed by atoms with E-state index in [0.717, 1.165) is 69.9 Å². The second-order valence-corrected chi connectivity index (χ2v) is 11.8. The molecule has 1 saturated carbocycles. The van der Waals surface area contributed by atoms with Crippen LogP contribution in [-0.2, 0) is 16.6 Å². The number of aliphatic hydroxyl groups is 2. The van der Waals surface area contributed by atoms with Gasteiger partial charge in [0, 0.05) is 31.7 Å². The second-order valence-electron chi connectivity index (χ2n) is 11.8. The maximum Gasteiger partial charge on any atom is 0.158 e. The molecule has 1 aromatic rings. The largest absolute Gasteiger partial charge is 0.390 e. The molecule has 2 aliphatic carbocycles. The summed E-state index contributed by atoms with van der Waals surface area (Å²) < 4.78 is 5.03. The Labute approximate surface area is 230 Å². The Hall–Kier alpha value is -2.14. The highest BCUT2D eigenvalue weighted by molar-refractivity contribution is 5.48. The van der Waals surface area contributed by atoms with Crippen molar-refractivity contribution in [3.05, 3.63) is 82.1 Å². The summed E-state index contributed by atoms with van der Waals surface area (Å²) in [6.07, 6.45) is 21.6. The van der Waals surface area contributed by atoms with Crippen molar-refractivity contribution in [2.45, 2.75) is 109 Å². The summed E-state index contributed by atoms with van der Waals surface area (Å²) in [5.74, 6) is 0.455. The van der Waals surface area contributed by atoms with Crippen molar-refractivity contribution in [1.29, 1.82) is 0 Å². The van der Waals surface area contributed by atoms with Crippen molar-refractivity contribution < 1.29 is 14.9 Å². The van der Waals surface area contributed by atoms with Gasteiger partial charge in [-0.2, -0.15) is 0 Å². The molecule has 0 spiro atoms. The second kappa shape index (κ2) is 12.8. The van der Waals surface area contributed by atoms with E-state index in [2.05, 4.69) is 68.6 Å². The Kier molecular flexibility index (Phi) is 9.73. The fourth-order valence-electron chi connectivity index (χ4n) is 6.98. The van der Waals surface area contributed by atoms with Crippen molar-refractivity contribution in [3.63, 3.8) is 0 Å². The molecule has 0 radical (unpaired) electrons. The molecule has 1 fully saturated rings. The number of ether oxygens (including phenoxy) is 1. The minimum absolute atomic E-state index is 0.107. The van der Waals surface area contributed by atoms with E-state index in [9.17, 15) is 10.2 Å². The van der Waals surface area contributed by atoms with E-state index in [1.54, 1.807) is 0 Å². The van der Waals surface area contributed by atoms with Gasteiger partial charge in [0.15, 0.2) is 6.29 Å². The van der Waals surface area contributed by atoms with Crippen molar-refractivity contribution in [2.75, 3.05) is 13.7 Å². The van der Waals surface area contributed by atoms with E-state index in [-0.39, 0.29) is 5.41 Å². The number of rotatable bonds is 11. The standard InChI is InChI=1S/C34H49NO3/c1-5-34(6-2,31-15-10-27(25(3)20-31)16-19-33(37)17-8-7-9-18-33)30-13-11-28(12-14-30)29-21-26(23-35-24-29)22-32(36)38-4/h10-13,15,20-21,23,30,32,35-37H,5-9,14,16-19,22,24H2,1-4H3. The van der Waals surface area contributed by atoms with Gasteiger partial charge in [-0.3, -0.25) is 0 Å². The molecule has 0 saturated heterocycles. The molecular formula is C34H49NO3. The van der Waals surface area contributed by atoms with Crippen LogP contribution < -0.4 is 5.32 Å². The van der Waals surface area contributed by atoms with Crippen molar-refractivity contribution in [2.24, 2.45) is 5.92 Å². The molecule has 3 N–H and O–H groups in total. The van der Waals surface area contributed by atoms with Crippen LogP contribution in [0.3, 0.4) is 0 Å². The van der Waals surface area contributed by atoms with E-state index >= 15 is 0 Å². The van der Waals surface area contributed by atoms with E-state index in [1.165, 1.54) is 41.4 Å². The van der Waals surface area contributed by atoms with Crippen LogP contribution in [0.1, 0.15) is 94.7 Å². The first-order valence-corrected chi connectivity index (χ1v) is 14.9. The number of aryl methyl sites for hydroxylation is 2. The van der Waals surface area contributed by atoms with Gasteiger partial charge in [0.2, 0.25) is 0 Å². The lowest BCUT2D eigenvalue weighted by Crippen LogP contribution is -2.34. The zero-order valence-corrected chi connectivity index (χ0v) is 24.1. The van der Waals surface area contributed by atoms with E-state index in [4.69, 9.17) is 4.74 Å². The summed E-state index contributed by atoms with van der Waals surface area (Å²) >= 11 is 0. The molecule has 2 atom stereocenters.